The topological polar surface area (TPSA) is 43.1 Å². The highest BCUT2D eigenvalue weighted by molar-refractivity contribution is 6.09. The van der Waals surface area contributed by atoms with E-state index in [2.05, 4.69) is 4.98 Å². The normalized spacial score (nSPS) is 10.9. The molecule has 0 amide bonds. The first-order valence-electron chi connectivity index (χ1n) is 6.54. The van der Waals surface area contributed by atoms with Gasteiger partial charge in [0, 0.05) is 17.3 Å². The van der Waals surface area contributed by atoms with Gasteiger partial charge in [0.05, 0.1) is 0 Å². The molecule has 0 unspecified atom stereocenters. The number of aromatic nitrogens is 1. The van der Waals surface area contributed by atoms with Crippen LogP contribution in [0.5, 0.6) is 0 Å². The fraction of sp³-hybridized carbons (Fsp3) is 0.176. The van der Waals surface area contributed by atoms with Gasteiger partial charge in [0.2, 0.25) is 5.78 Å². The number of pyridine rings is 1. The zero-order valence-corrected chi connectivity index (χ0v) is 11.7. The van der Waals surface area contributed by atoms with Crippen LogP contribution >= 0.6 is 0 Å². The highest BCUT2D eigenvalue weighted by atomic mass is 16.3. The molecule has 20 heavy (non-hydrogen) atoms. The third-order valence-electron chi connectivity index (χ3n) is 3.37. The lowest BCUT2D eigenvalue weighted by molar-refractivity contribution is 0.101. The SMILES string of the molecule is Cc1ccc(C)c(C(=O)c2cc3nc(C)ccc3o2)c1. The van der Waals surface area contributed by atoms with Crippen molar-refractivity contribution in [2.24, 2.45) is 0 Å². The van der Waals surface area contributed by atoms with Crippen molar-refractivity contribution >= 4 is 16.9 Å². The monoisotopic (exact) mass is 265 g/mol. The highest BCUT2D eigenvalue weighted by Crippen LogP contribution is 2.22. The molecule has 0 saturated heterocycles. The van der Waals surface area contributed by atoms with E-state index in [9.17, 15) is 4.79 Å². The highest BCUT2D eigenvalue weighted by Gasteiger charge is 2.17. The van der Waals surface area contributed by atoms with Gasteiger partial charge in [0.15, 0.2) is 11.3 Å². The lowest BCUT2D eigenvalue weighted by Crippen LogP contribution is -2.02. The van der Waals surface area contributed by atoms with Crippen molar-refractivity contribution in [3.05, 3.63) is 64.5 Å². The van der Waals surface area contributed by atoms with Gasteiger partial charge in [-0.2, -0.15) is 0 Å². The molecule has 100 valence electrons. The molecule has 0 saturated carbocycles. The molecule has 0 radical (unpaired) electrons. The number of fused-ring (bicyclic) bond motifs is 1. The maximum atomic E-state index is 12.6. The molecule has 2 heterocycles. The molecule has 0 fully saturated rings. The Balaban J connectivity index is 2.10. The van der Waals surface area contributed by atoms with Crippen molar-refractivity contribution in [1.82, 2.24) is 4.98 Å². The Morgan fingerprint density at radius 1 is 1.05 bits per heavy atom. The largest absolute Gasteiger partial charge is 0.451 e. The van der Waals surface area contributed by atoms with E-state index in [0.29, 0.717) is 16.9 Å². The number of aryl methyl sites for hydroxylation is 3. The van der Waals surface area contributed by atoms with E-state index in [1.165, 1.54) is 0 Å². The Labute approximate surface area is 117 Å². The quantitative estimate of drug-likeness (QED) is 0.658. The molecule has 0 spiro atoms. The van der Waals surface area contributed by atoms with Crippen LogP contribution in [-0.4, -0.2) is 10.8 Å². The van der Waals surface area contributed by atoms with E-state index in [4.69, 9.17) is 4.42 Å². The smallest absolute Gasteiger partial charge is 0.228 e. The van der Waals surface area contributed by atoms with Crippen molar-refractivity contribution in [3.8, 4) is 0 Å². The molecule has 1 aromatic carbocycles. The molecule has 3 nitrogen and oxygen atoms in total. The second-order valence-electron chi connectivity index (χ2n) is 5.09. The van der Waals surface area contributed by atoms with Gasteiger partial charge in [-0.3, -0.25) is 4.79 Å². The molecule has 2 aromatic heterocycles. The number of rotatable bonds is 2. The van der Waals surface area contributed by atoms with E-state index in [1.54, 1.807) is 6.07 Å². The van der Waals surface area contributed by atoms with E-state index < -0.39 is 0 Å². The number of carbonyl (C=O) groups excluding carboxylic acids is 1. The summed E-state index contributed by atoms with van der Waals surface area (Å²) < 4.78 is 5.62. The first kappa shape index (κ1) is 12.6. The van der Waals surface area contributed by atoms with Crippen LogP contribution in [0.25, 0.3) is 11.1 Å². The molecule has 3 aromatic rings. The fourth-order valence-electron chi connectivity index (χ4n) is 2.25. The maximum absolute atomic E-state index is 12.6. The zero-order valence-electron chi connectivity index (χ0n) is 11.7. The van der Waals surface area contributed by atoms with E-state index in [1.807, 2.05) is 51.1 Å². The molecule has 0 bridgehead atoms. The van der Waals surface area contributed by atoms with Crippen molar-refractivity contribution < 1.29 is 9.21 Å². The molecular weight excluding hydrogens is 250 g/mol. The average Bonchev–Trinajstić information content (AvgIpc) is 2.83. The van der Waals surface area contributed by atoms with Gasteiger partial charge in [0.25, 0.3) is 0 Å². The Kier molecular flexibility index (Phi) is 2.90. The summed E-state index contributed by atoms with van der Waals surface area (Å²) in [4.78, 5) is 16.9. The maximum Gasteiger partial charge on any atom is 0.228 e. The van der Waals surface area contributed by atoms with Crippen LogP contribution in [-0.2, 0) is 0 Å². The second kappa shape index (κ2) is 4.60. The summed E-state index contributed by atoms with van der Waals surface area (Å²) in [6.07, 6.45) is 0. The second-order valence-corrected chi connectivity index (χ2v) is 5.09. The zero-order chi connectivity index (χ0) is 14.3. The Bertz CT molecular complexity index is 815. The van der Waals surface area contributed by atoms with Gasteiger partial charge in [-0.1, -0.05) is 17.7 Å². The fourth-order valence-corrected chi connectivity index (χ4v) is 2.25. The van der Waals surface area contributed by atoms with Crippen molar-refractivity contribution in [3.63, 3.8) is 0 Å². The predicted molar refractivity (Wildman–Crippen MR) is 78.1 cm³/mol. The van der Waals surface area contributed by atoms with Gasteiger partial charge in [-0.25, -0.2) is 4.98 Å². The number of furan rings is 1. The van der Waals surface area contributed by atoms with E-state index in [-0.39, 0.29) is 5.78 Å². The molecule has 0 N–H and O–H groups in total. The Hall–Kier alpha value is -2.42. The molecule has 0 aliphatic heterocycles. The van der Waals surface area contributed by atoms with Gasteiger partial charge < -0.3 is 4.42 Å². The van der Waals surface area contributed by atoms with E-state index >= 15 is 0 Å². The van der Waals surface area contributed by atoms with Crippen LogP contribution in [0.15, 0.2) is 40.8 Å². The summed E-state index contributed by atoms with van der Waals surface area (Å²) in [5.74, 6) is 0.244. The number of ketones is 1. The first-order valence-corrected chi connectivity index (χ1v) is 6.54. The van der Waals surface area contributed by atoms with Gasteiger partial charge in [0.1, 0.15) is 5.52 Å². The summed E-state index contributed by atoms with van der Waals surface area (Å²) in [5.41, 5.74) is 4.96. The minimum Gasteiger partial charge on any atom is -0.451 e. The molecule has 0 aliphatic carbocycles. The Morgan fingerprint density at radius 3 is 2.65 bits per heavy atom. The van der Waals surface area contributed by atoms with Crippen molar-refractivity contribution in [2.75, 3.05) is 0 Å². The van der Waals surface area contributed by atoms with Crippen LogP contribution in [0.2, 0.25) is 0 Å². The molecule has 3 rings (SSSR count). The summed E-state index contributed by atoms with van der Waals surface area (Å²) in [5, 5.41) is 0. The summed E-state index contributed by atoms with van der Waals surface area (Å²) in [7, 11) is 0. The van der Waals surface area contributed by atoms with Crippen molar-refractivity contribution in [1.29, 1.82) is 0 Å². The average molecular weight is 265 g/mol. The van der Waals surface area contributed by atoms with Crippen LogP contribution in [0.1, 0.15) is 32.9 Å². The number of hydrogen-bond donors (Lipinski definition) is 0. The van der Waals surface area contributed by atoms with Gasteiger partial charge >= 0.3 is 0 Å². The summed E-state index contributed by atoms with van der Waals surface area (Å²) in [6.45, 7) is 5.82. The molecule has 0 aliphatic rings. The minimum absolute atomic E-state index is 0.0955. The van der Waals surface area contributed by atoms with Gasteiger partial charge in [-0.05, 0) is 44.5 Å². The standard InChI is InChI=1S/C17H15NO2/c1-10-4-5-11(2)13(8-10)17(19)16-9-14-15(20-16)7-6-12(3)18-14/h4-9H,1-3H3. The predicted octanol–water partition coefficient (Wildman–Crippen LogP) is 3.98. The number of benzene rings is 1. The van der Waals surface area contributed by atoms with Crippen LogP contribution in [0.4, 0.5) is 0 Å². The lowest BCUT2D eigenvalue weighted by Gasteiger charge is -2.03. The number of nitrogens with zero attached hydrogens (tertiary/aromatic N) is 1. The first-order chi connectivity index (χ1) is 9.54. The number of hydrogen-bond acceptors (Lipinski definition) is 3. The summed E-state index contributed by atoms with van der Waals surface area (Å²) >= 11 is 0. The molecule has 3 heteroatoms. The third-order valence-corrected chi connectivity index (χ3v) is 3.37. The van der Waals surface area contributed by atoms with Crippen LogP contribution in [0, 0.1) is 20.8 Å². The lowest BCUT2D eigenvalue weighted by atomic mass is 10.0. The minimum atomic E-state index is -0.0955. The van der Waals surface area contributed by atoms with Crippen molar-refractivity contribution in [2.45, 2.75) is 20.8 Å². The number of carbonyl (C=O) groups is 1. The molecule has 0 atom stereocenters. The van der Waals surface area contributed by atoms with Crippen LogP contribution < -0.4 is 0 Å². The Morgan fingerprint density at radius 2 is 1.85 bits per heavy atom. The van der Waals surface area contributed by atoms with E-state index in [0.717, 1.165) is 22.3 Å². The third kappa shape index (κ3) is 2.11. The van der Waals surface area contributed by atoms with Gasteiger partial charge in [-0.15, -0.1) is 0 Å². The summed E-state index contributed by atoms with van der Waals surface area (Å²) in [6, 6.07) is 11.3. The van der Waals surface area contributed by atoms with Crippen LogP contribution in [0.3, 0.4) is 0 Å². The molecular formula is C17H15NO2.